The second-order valence-electron chi connectivity index (χ2n) is 2.22. The van der Waals surface area contributed by atoms with Crippen LogP contribution in [0.2, 0.25) is 0 Å². The van der Waals surface area contributed by atoms with Gasteiger partial charge in [-0.05, 0) is 6.07 Å². The number of aromatic nitrogens is 1. The number of rotatable bonds is 3. The van der Waals surface area contributed by atoms with Crippen LogP contribution >= 0.6 is 0 Å². The number of ether oxygens (including phenoxy) is 1. The maximum atomic E-state index is 10.2. The van der Waals surface area contributed by atoms with Crippen molar-refractivity contribution in [3.63, 3.8) is 0 Å². The molecule has 64 valence electrons. The molecule has 0 saturated carbocycles. The average molecular weight is 173 g/mol. The van der Waals surface area contributed by atoms with Crippen molar-refractivity contribution >= 4 is 5.97 Å². The van der Waals surface area contributed by atoms with E-state index in [4.69, 9.17) is 4.74 Å². The van der Waals surface area contributed by atoms with Crippen LogP contribution < -0.4 is 28.7 Å². The molecule has 0 aliphatic carbocycles. The molecule has 0 radical (unpaired) electrons. The van der Waals surface area contributed by atoms with E-state index in [9.17, 15) is 9.90 Å². The van der Waals surface area contributed by atoms with Crippen LogP contribution in [0.5, 0.6) is 5.88 Å². The molecule has 0 aliphatic heterocycles. The van der Waals surface area contributed by atoms with Crippen molar-refractivity contribution in [3.8, 4) is 5.88 Å². The van der Waals surface area contributed by atoms with E-state index in [1.807, 2.05) is 0 Å². The fraction of sp³-hybridized carbons (Fsp3) is 0.250. The number of hydrogen-bond acceptors (Lipinski definition) is 4. The van der Waals surface area contributed by atoms with Crippen LogP contribution in [0.4, 0.5) is 0 Å². The van der Waals surface area contributed by atoms with E-state index in [0.29, 0.717) is 11.6 Å². The van der Waals surface area contributed by atoms with Crippen molar-refractivity contribution in [3.05, 3.63) is 23.9 Å². The number of carboxylic acid groups (broad SMARTS) is 1. The van der Waals surface area contributed by atoms with Gasteiger partial charge in [0, 0.05) is 18.5 Å². The van der Waals surface area contributed by atoms with E-state index in [0.717, 1.165) is 0 Å². The number of hydrogen-bond donors (Lipinski definition) is 0. The maximum absolute atomic E-state index is 10.2. The molecule has 0 N–H and O–H groups in total. The molecule has 1 aromatic heterocycles. The number of carboxylic acids is 1. The van der Waals surface area contributed by atoms with Gasteiger partial charge in [0.25, 0.3) is 0 Å². The SMILES string of the molecule is COc1cccc(CC(=O)[O-])n1.[Li+]. The van der Waals surface area contributed by atoms with E-state index < -0.39 is 5.97 Å². The Balaban J connectivity index is 0.00000144. The molecule has 1 heterocycles. The molecular formula is C8H8LiNO3. The van der Waals surface area contributed by atoms with Crippen LogP contribution in [-0.4, -0.2) is 18.1 Å². The van der Waals surface area contributed by atoms with Crippen LogP contribution in [0.3, 0.4) is 0 Å². The summed E-state index contributed by atoms with van der Waals surface area (Å²) in [4.78, 5) is 14.1. The first-order valence-electron chi connectivity index (χ1n) is 3.42. The zero-order valence-electron chi connectivity index (χ0n) is 7.61. The fourth-order valence-corrected chi connectivity index (χ4v) is 0.818. The molecule has 1 rings (SSSR count). The molecule has 5 heteroatoms. The van der Waals surface area contributed by atoms with Gasteiger partial charge in [-0.15, -0.1) is 0 Å². The van der Waals surface area contributed by atoms with Crippen molar-refractivity contribution in [2.75, 3.05) is 7.11 Å². The topological polar surface area (TPSA) is 62.2 Å². The summed E-state index contributed by atoms with van der Waals surface area (Å²) in [6.07, 6.45) is -0.183. The number of pyridine rings is 1. The Kier molecular flexibility index (Phi) is 5.20. The Morgan fingerprint density at radius 3 is 2.85 bits per heavy atom. The first-order valence-corrected chi connectivity index (χ1v) is 3.42. The molecule has 13 heavy (non-hydrogen) atoms. The summed E-state index contributed by atoms with van der Waals surface area (Å²) >= 11 is 0. The third kappa shape index (κ3) is 3.97. The summed E-state index contributed by atoms with van der Waals surface area (Å²) in [5, 5.41) is 10.2. The Bertz CT molecular complexity index is 290. The van der Waals surface area contributed by atoms with Crippen LogP contribution in [0.1, 0.15) is 5.69 Å². The molecule has 0 fully saturated rings. The average Bonchev–Trinajstić information content (AvgIpc) is 2.03. The zero-order chi connectivity index (χ0) is 8.97. The minimum atomic E-state index is -1.14. The third-order valence-electron chi connectivity index (χ3n) is 1.32. The molecule has 0 aromatic carbocycles. The first-order chi connectivity index (χ1) is 5.72. The quantitative estimate of drug-likeness (QED) is 0.443. The van der Waals surface area contributed by atoms with E-state index in [1.54, 1.807) is 18.2 Å². The van der Waals surface area contributed by atoms with E-state index >= 15 is 0 Å². The number of nitrogens with zero attached hydrogens (tertiary/aromatic N) is 1. The largest absolute Gasteiger partial charge is 1.00 e. The van der Waals surface area contributed by atoms with E-state index in [2.05, 4.69) is 4.98 Å². The molecule has 0 aliphatic rings. The van der Waals surface area contributed by atoms with Crippen LogP contribution in [-0.2, 0) is 11.2 Å². The van der Waals surface area contributed by atoms with Crippen molar-refractivity contribution in [2.24, 2.45) is 0 Å². The van der Waals surface area contributed by atoms with Crippen molar-refractivity contribution in [1.82, 2.24) is 4.98 Å². The number of carbonyl (C=O) groups is 1. The van der Waals surface area contributed by atoms with Crippen LogP contribution in [0.15, 0.2) is 18.2 Å². The predicted molar refractivity (Wildman–Crippen MR) is 39.5 cm³/mol. The van der Waals surface area contributed by atoms with Crippen molar-refractivity contribution in [1.29, 1.82) is 0 Å². The van der Waals surface area contributed by atoms with Gasteiger partial charge in [-0.1, -0.05) is 6.07 Å². The van der Waals surface area contributed by atoms with Gasteiger partial charge in [-0.2, -0.15) is 0 Å². The minimum Gasteiger partial charge on any atom is -0.550 e. The van der Waals surface area contributed by atoms with Gasteiger partial charge in [0.15, 0.2) is 0 Å². The molecule has 0 atom stereocenters. The van der Waals surface area contributed by atoms with Gasteiger partial charge in [-0.3, -0.25) is 0 Å². The molecule has 1 aromatic rings. The normalized spacial score (nSPS) is 8.69. The third-order valence-corrected chi connectivity index (χ3v) is 1.32. The van der Waals surface area contributed by atoms with Gasteiger partial charge >= 0.3 is 18.9 Å². The second-order valence-corrected chi connectivity index (χ2v) is 2.22. The zero-order valence-corrected chi connectivity index (χ0v) is 7.61. The van der Waals surface area contributed by atoms with Crippen molar-refractivity contribution < 1.29 is 33.5 Å². The molecule has 4 nitrogen and oxygen atoms in total. The first kappa shape index (κ1) is 12.0. The van der Waals surface area contributed by atoms with E-state index in [-0.39, 0.29) is 25.3 Å². The number of methoxy groups -OCH3 is 1. The molecular weight excluding hydrogens is 165 g/mol. The summed E-state index contributed by atoms with van der Waals surface area (Å²) in [5.41, 5.74) is 0.439. The monoisotopic (exact) mass is 173 g/mol. The summed E-state index contributed by atoms with van der Waals surface area (Å²) in [7, 11) is 1.48. The molecule has 0 bridgehead atoms. The Morgan fingerprint density at radius 2 is 2.31 bits per heavy atom. The summed E-state index contributed by atoms with van der Waals surface area (Å²) < 4.78 is 4.81. The Hall–Kier alpha value is -0.983. The standard InChI is InChI=1S/C8H9NO3.Li/c1-12-7-4-2-3-6(9-7)5-8(10)11;/h2-4H,5H2,1H3,(H,10,11);/q;+1/p-1. The number of carbonyl (C=O) groups excluding carboxylic acids is 1. The Labute approximate surface area is 88.1 Å². The van der Waals surface area contributed by atoms with Crippen molar-refractivity contribution in [2.45, 2.75) is 6.42 Å². The second kappa shape index (κ2) is 5.63. The fourth-order valence-electron chi connectivity index (χ4n) is 0.818. The maximum Gasteiger partial charge on any atom is 1.00 e. The molecule has 0 saturated heterocycles. The molecule has 0 amide bonds. The number of aliphatic carboxylic acids is 1. The molecule has 0 spiro atoms. The van der Waals surface area contributed by atoms with Crippen LogP contribution in [0.25, 0.3) is 0 Å². The Morgan fingerprint density at radius 1 is 1.62 bits per heavy atom. The van der Waals surface area contributed by atoms with Gasteiger partial charge in [0.1, 0.15) is 0 Å². The molecule has 0 unspecified atom stereocenters. The van der Waals surface area contributed by atoms with E-state index in [1.165, 1.54) is 7.11 Å². The smallest absolute Gasteiger partial charge is 0.550 e. The van der Waals surface area contributed by atoms with Gasteiger partial charge in [-0.25, -0.2) is 4.98 Å². The minimum absolute atomic E-state index is 0. The van der Waals surface area contributed by atoms with Crippen LogP contribution in [0, 0.1) is 0 Å². The van der Waals surface area contributed by atoms with Gasteiger partial charge in [0.2, 0.25) is 5.88 Å². The van der Waals surface area contributed by atoms with Gasteiger partial charge in [0.05, 0.1) is 12.8 Å². The predicted octanol–water partition coefficient (Wildman–Crippen LogP) is -3.61. The summed E-state index contributed by atoms with van der Waals surface area (Å²) in [5.74, 6) is -0.732. The summed E-state index contributed by atoms with van der Waals surface area (Å²) in [6.45, 7) is 0. The summed E-state index contributed by atoms with van der Waals surface area (Å²) in [6, 6.07) is 4.95. The van der Waals surface area contributed by atoms with Gasteiger partial charge < -0.3 is 14.6 Å².